The smallest absolute Gasteiger partial charge is 0.200 e. The normalized spacial score (nSPS) is 11.1. The molecule has 2 heterocycles. The van der Waals surface area contributed by atoms with Gasteiger partial charge in [-0.2, -0.15) is 9.49 Å². The molecule has 0 aliphatic heterocycles. The zero-order valence-corrected chi connectivity index (χ0v) is 12.1. The van der Waals surface area contributed by atoms with Crippen LogP contribution < -0.4 is 4.74 Å². The van der Waals surface area contributed by atoms with E-state index in [-0.39, 0.29) is 12.5 Å². The van der Waals surface area contributed by atoms with Crippen LogP contribution in [0, 0.1) is 11.6 Å². The monoisotopic (exact) mass is 325 g/mol. The molecule has 0 radical (unpaired) electrons. The number of aromatic nitrogens is 3. The Morgan fingerprint density at radius 1 is 1.23 bits per heavy atom. The van der Waals surface area contributed by atoms with E-state index in [0.29, 0.717) is 16.4 Å². The first-order chi connectivity index (χ1) is 10.6. The molecular formula is C14H10ClF2N3O2. The van der Waals surface area contributed by atoms with Gasteiger partial charge >= 0.3 is 0 Å². The van der Waals surface area contributed by atoms with Crippen LogP contribution in [0.5, 0.6) is 5.75 Å². The summed E-state index contributed by atoms with van der Waals surface area (Å²) in [5, 5.41) is 5.19. The van der Waals surface area contributed by atoms with Gasteiger partial charge in [0.1, 0.15) is 5.15 Å². The highest BCUT2D eigenvalue weighted by molar-refractivity contribution is 6.30. The molecule has 0 aliphatic carbocycles. The topological polar surface area (TPSA) is 49.2 Å². The molecule has 0 spiro atoms. The number of methoxy groups -OCH3 is 1. The van der Waals surface area contributed by atoms with Gasteiger partial charge in [0.05, 0.1) is 23.6 Å². The van der Waals surface area contributed by atoms with Gasteiger partial charge in [0.2, 0.25) is 5.82 Å². The third kappa shape index (κ3) is 2.60. The molecule has 8 heteroatoms. The summed E-state index contributed by atoms with van der Waals surface area (Å²) >= 11 is 5.81. The molecule has 0 N–H and O–H groups in total. The summed E-state index contributed by atoms with van der Waals surface area (Å²) in [6.45, 7) is -0.198. The summed E-state index contributed by atoms with van der Waals surface area (Å²) in [5.41, 5.74) is 0.900. The van der Waals surface area contributed by atoms with Gasteiger partial charge in [0.15, 0.2) is 18.4 Å². The van der Waals surface area contributed by atoms with Crippen LogP contribution >= 0.6 is 11.6 Å². The van der Waals surface area contributed by atoms with E-state index in [2.05, 4.69) is 10.1 Å². The second-order valence-corrected chi connectivity index (χ2v) is 4.80. The van der Waals surface area contributed by atoms with Crippen LogP contribution in [0.2, 0.25) is 5.15 Å². The van der Waals surface area contributed by atoms with Gasteiger partial charge in [-0.05, 0) is 6.07 Å². The van der Waals surface area contributed by atoms with Crippen molar-refractivity contribution in [1.29, 1.82) is 0 Å². The minimum atomic E-state index is -1.08. The SMILES string of the molecule is COCOc1cc(-n2ncc3cc(Cl)ncc32)cc(F)c1F. The number of hydrogen-bond acceptors (Lipinski definition) is 4. The van der Waals surface area contributed by atoms with E-state index in [0.717, 1.165) is 11.5 Å². The number of hydrogen-bond donors (Lipinski definition) is 0. The zero-order chi connectivity index (χ0) is 15.7. The summed E-state index contributed by atoms with van der Waals surface area (Å²) in [5.74, 6) is -2.39. The Morgan fingerprint density at radius 2 is 2.05 bits per heavy atom. The van der Waals surface area contributed by atoms with Crippen LogP contribution in [-0.2, 0) is 4.74 Å². The van der Waals surface area contributed by atoms with Crippen molar-refractivity contribution in [2.75, 3.05) is 13.9 Å². The largest absolute Gasteiger partial charge is 0.464 e. The number of rotatable bonds is 4. The molecule has 3 rings (SSSR count). The van der Waals surface area contributed by atoms with Crippen molar-refractivity contribution in [3.05, 3.63) is 47.4 Å². The number of ether oxygens (including phenoxy) is 2. The van der Waals surface area contributed by atoms with Crippen LogP contribution in [0.4, 0.5) is 8.78 Å². The van der Waals surface area contributed by atoms with E-state index in [1.165, 1.54) is 24.1 Å². The van der Waals surface area contributed by atoms with Gasteiger partial charge in [-0.15, -0.1) is 0 Å². The van der Waals surface area contributed by atoms with Crippen molar-refractivity contribution in [2.45, 2.75) is 0 Å². The summed E-state index contributed by atoms with van der Waals surface area (Å²) in [7, 11) is 1.38. The summed E-state index contributed by atoms with van der Waals surface area (Å²) < 4.78 is 38.6. The summed E-state index contributed by atoms with van der Waals surface area (Å²) in [4.78, 5) is 3.96. The highest BCUT2D eigenvalue weighted by atomic mass is 35.5. The fourth-order valence-electron chi connectivity index (χ4n) is 2.01. The average molecular weight is 326 g/mol. The lowest BCUT2D eigenvalue weighted by atomic mass is 10.2. The molecule has 0 bridgehead atoms. The first-order valence-electron chi connectivity index (χ1n) is 6.20. The van der Waals surface area contributed by atoms with Crippen LogP contribution in [-0.4, -0.2) is 28.7 Å². The van der Waals surface area contributed by atoms with Gasteiger partial charge in [0.25, 0.3) is 0 Å². The minimum absolute atomic E-state index is 0.198. The van der Waals surface area contributed by atoms with Crippen LogP contribution in [0.25, 0.3) is 16.6 Å². The predicted molar refractivity (Wildman–Crippen MR) is 76.3 cm³/mol. The second-order valence-electron chi connectivity index (χ2n) is 4.41. The fraction of sp³-hybridized carbons (Fsp3) is 0.143. The average Bonchev–Trinajstić information content (AvgIpc) is 2.91. The minimum Gasteiger partial charge on any atom is -0.464 e. The van der Waals surface area contributed by atoms with E-state index in [4.69, 9.17) is 21.1 Å². The Balaban J connectivity index is 2.12. The first kappa shape index (κ1) is 14.7. The molecule has 3 aromatic rings. The Bertz CT molecular complexity index is 838. The second kappa shape index (κ2) is 5.86. The van der Waals surface area contributed by atoms with Crippen molar-refractivity contribution in [3.8, 4) is 11.4 Å². The summed E-state index contributed by atoms with van der Waals surface area (Å²) in [6, 6.07) is 3.98. The third-order valence-corrected chi connectivity index (χ3v) is 3.18. The molecule has 1 aromatic carbocycles. The molecule has 0 fully saturated rings. The quantitative estimate of drug-likeness (QED) is 0.545. The zero-order valence-electron chi connectivity index (χ0n) is 11.4. The Morgan fingerprint density at radius 3 is 2.82 bits per heavy atom. The molecule has 0 aliphatic rings. The number of pyridine rings is 1. The maximum atomic E-state index is 13.7. The van der Waals surface area contributed by atoms with Gasteiger partial charge in [-0.25, -0.2) is 14.1 Å². The molecule has 114 valence electrons. The molecule has 0 unspecified atom stereocenters. The third-order valence-electron chi connectivity index (χ3n) is 2.98. The van der Waals surface area contributed by atoms with Crippen molar-refractivity contribution < 1.29 is 18.3 Å². The van der Waals surface area contributed by atoms with E-state index in [1.807, 2.05) is 0 Å². The van der Waals surface area contributed by atoms with E-state index in [1.54, 1.807) is 12.3 Å². The van der Waals surface area contributed by atoms with Crippen LogP contribution in [0.15, 0.2) is 30.6 Å². The standard InChI is InChI=1S/C14H10ClF2N3O2/c1-21-7-22-12-4-9(3-10(16)14(12)17)20-11-6-18-13(15)2-8(11)5-19-20/h2-6H,7H2,1H3. The lowest BCUT2D eigenvalue weighted by molar-refractivity contribution is 0.0478. The lowest BCUT2D eigenvalue weighted by Crippen LogP contribution is -2.05. The Kier molecular flexibility index (Phi) is 3.91. The maximum absolute atomic E-state index is 13.7. The first-order valence-corrected chi connectivity index (χ1v) is 6.58. The van der Waals surface area contributed by atoms with Crippen molar-refractivity contribution >= 4 is 22.5 Å². The predicted octanol–water partition coefficient (Wildman–Crippen LogP) is 3.33. The van der Waals surface area contributed by atoms with Crippen LogP contribution in [0.3, 0.4) is 0 Å². The maximum Gasteiger partial charge on any atom is 0.200 e. The number of benzene rings is 1. The highest BCUT2D eigenvalue weighted by Crippen LogP contribution is 2.27. The molecular weight excluding hydrogens is 316 g/mol. The molecule has 2 aromatic heterocycles. The van der Waals surface area contributed by atoms with Gasteiger partial charge in [-0.1, -0.05) is 11.6 Å². The van der Waals surface area contributed by atoms with Crippen LogP contribution in [0.1, 0.15) is 0 Å². The van der Waals surface area contributed by atoms with Crippen molar-refractivity contribution in [3.63, 3.8) is 0 Å². The summed E-state index contributed by atoms with van der Waals surface area (Å²) in [6.07, 6.45) is 3.06. The van der Waals surface area contributed by atoms with Gasteiger partial charge < -0.3 is 9.47 Å². The number of fused-ring (bicyclic) bond motifs is 1. The Hall–Kier alpha value is -2.25. The van der Waals surface area contributed by atoms with E-state index in [9.17, 15) is 8.78 Å². The highest BCUT2D eigenvalue weighted by Gasteiger charge is 2.15. The van der Waals surface area contributed by atoms with E-state index >= 15 is 0 Å². The number of halogens is 3. The molecule has 5 nitrogen and oxygen atoms in total. The van der Waals surface area contributed by atoms with E-state index < -0.39 is 11.6 Å². The number of nitrogens with zero attached hydrogens (tertiary/aromatic N) is 3. The van der Waals surface area contributed by atoms with Crippen molar-refractivity contribution in [1.82, 2.24) is 14.8 Å². The molecule has 0 atom stereocenters. The molecule has 0 amide bonds. The molecule has 0 saturated carbocycles. The van der Waals surface area contributed by atoms with Gasteiger partial charge in [0, 0.05) is 24.6 Å². The van der Waals surface area contributed by atoms with Crippen molar-refractivity contribution in [2.24, 2.45) is 0 Å². The lowest BCUT2D eigenvalue weighted by Gasteiger charge is -2.10. The fourth-order valence-corrected chi connectivity index (χ4v) is 2.17. The Labute approximate surface area is 129 Å². The molecule has 22 heavy (non-hydrogen) atoms. The van der Waals surface area contributed by atoms with Gasteiger partial charge in [-0.3, -0.25) is 0 Å². The molecule has 0 saturated heterocycles.